The lowest BCUT2D eigenvalue weighted by atomic mass is 10.4. The van der Waals surface area contributed by atoms with E-state index in [1.54, 1.807) is 6.92 Å². The van der Waals surface area contributed by atoms with Crippen molar-refractivity contribution in [2.45, 2.75) is 26.7 Å². The van der Waals surface area contributed by atoms with Gasteiger partial charge in [0.05, 0.1) is 5.69 Å². The summed E-state index contributed by atoms with van der Waals surface area (Å²) in [6, 6.07) is 0. The molecule has 1 amide bonds. The molecule has 7 heteroatoms. The third kappa shape index (κ3) is 4.33. The number of aromatic nitrogens is 1. The molecule has 0 fully saturated rings. The highest BCUT2D eigenvalue weighted by Gasteiger charge is 2.13. The van der Waals surface area contributed by atoms with Crippen molar-refractivity contribution in [2.75, 3.05) is 18.4 Å². The number of nitrogens with one attached hydrogen (secondary N) is 2. The highest BCUT2D eigenvalue weighted by Crippen LogP contribution is 2.22. The van der Waals surface area contributed by atoms with Crippen LogP contribution in [0.2, 0.25) is 0 Å². The number of thiazole rings is 1. The van der Waals surface area contributed by atoms with Crippen molar-refractivity contribution in [1.29, 1.82) is 0 Å². The van der Waals surface area contributed by atoms with E-state index in [-0.39, 0.29) is 10.8 Å². The molecular formula is C11H17N3O3S. The van der Waals surface area contributed by atoms with Crippen molar-refractivity contribution >= 4 is 28.3 Å². The van der Waals surface area contributed by atoms with Gasteiger partial charge >= 0.3 is 5.97 Å². The zero-order valence-electron chi connectivity index (χ0n) is 10.4. The Morgan fingerprint density at radius 1 is 1.39 bits per heavy atom. The number of aromatic carboxylic acids is 1. The monoisotopic (exact) mass is 271 g/mol. The van der Waals surface area contributed by atoms with E-state index in [1.807, 2.05) is 6.92 Å². The van der Waals surface area contributed by atoms with Crippen molar-refractivity contribution in [1.82, 2.24) is 10.3 Å². The van der Waals surface area contributed by atoms with Crippen LogP contribution in [0.3, 0.4) is 0 Å². The molecule has 18 heavy (non-hydrogen) atoms. The summed E-state index contributed by atoms with van der Waals surface area (Å²) in [4.78, 5) is 26.4. The lowest BCUT2D eigenvalue weighted by Crippen LogP contribution is -2.25. The smallest absolute Gasteiger partial charge is 0.347 e. The number of hydrogen-bond donors (Lipinski definition) is 3. The molecule has 1 rings (SSSR count). The molecule has 0 bridgehead atoms. The summed E-state index contributed by atoms with van der Waals surface area (Å²) in [5.74, 6) is -0.991. The van der Waals surface area contributed by atoms with Crippen LogP contribution in [0, 0.1) is 6.92 Å². The van der Waals surface area contributed by atoms with Gasteiger partial charge in [-0.15, -0.1) is 0 Å². The molecule has 3 N–H and O–H groups in total. The molecule has 0 spiro atoms. The fraction of sp³-hybridized carbons (Fsp3) is 0.545. The first kappa shape index (κ1) is 14.4. The summed E-state index contributed by atoms with van der Waals surface area (Å²) in [5.41, 5.74) is 0.491. The minimum absolute atomic E-state index is 0.0175. The first-order valence-electron chi connectivity index (χ1n) is 5.76. The van der Waals surface area contributed by atoms with E-state index in [4.69, 9.17) is 5.11 Å². The molecule has 6 nitrogen and oxygen atoms in total. The van der Waals surface area contributed by atoms with Crippen molar-refractivity contribution < 1.29 is 14.7 Å². The minimum Gasteiger partial charge on any atom is -0.477 e. The Hall–Kier alpha value is -1.63. The quantitative estimate of drug-likeness (QED) is 0.698. The van der Waals surface area contributed by atoms with Gasteiger partial charge < -0.3 is 15.7 Å². The maximum Gasteiger partial charge on any atom is 0.347 e. The van der Waals surface area contributed by atoms with Crippen LogP contribution >= 0.6 is 11.3 Å². The van der Waals surface area contributed by atoms with Crippen LogP contribution in [0.4, 0.5) is 5.13 Å². The van der Waals surface area contributed by atoms with Gasteiger partial charge in [-0.3, -0.25) is 4.79 Å². The summed E-state index contributed by atoms with van der Waals surface area (Å²) < 4.78 is 0. The molecule has 0 aromatic carbocycles. The molecule has 0 saturated carbocycles. The Balaban J connectivity index is 2.38. The van der Waals surface area contributed by atoms with Gasteiger partial charge in [0, 0.05) is 19.5 Å². The Kier molecular flexibility index (Phi) is 5.57. The second-order valence-electron chi connectivity index (χ2n) is 3.77. The number of carbonyl (C=O) groups excluding carboxylic acids is 1. The maximum atomic E-state index is 11.3. The molecule has 0 aliphatic rings. The third-order valence-corrected chi connectivity index (χ3v) is 3.29. The number of amides is 1. The molecule has 1 heterocycles. The molecule has 0 saturated heterocycles. The van der Waals surface area contributed by atoms with Gasteiger partial charge in [0.25, 0.3) is 0 Å². The van der Waals surface area contributed by atoms with E-state index in [2.05, 4.69) is 15.6 Å². The molecule has 100 valence electrons. The molecule has 0 radical (unpaired) electrons. The molecule has 0 unspecified atom stereocenters. The Morgan fingerprint density at radius 2 is 2.11 bits per heavy atom. The van der Waals surface area contributed by atoms with E-state index in [0.717, 1.165) is 17.8 Å². The number of carboxylic acid groups (broad SMARTS) is 1. The SMILES string of the molecule is CCCNC(=O)CCNc1nc(C)c(C(=O)O)s1. The predicted octanol–water partition coefficient (Wildman–Crippen LogP) is 1.48. The number of carboxylic acids is 1. The number of rotatable bonds is 7. The number of anilines is 1. The summed E-state index contributed by atoms with van der Waals surface area (Å²) in [7, 11) is 0. The Labute approximate surface area is 109 Å². The second-order valence-corrected chi connectivity index (χ2v) is 4.76. The standard InChI is InChI=1S/C11H17N3O3S/c1-3-5-12-8(15)4-6-13-11-14-7(2)9(18-11)10(16)17/h3-6H2,1-2H3,(H,12,15)(H,13,14)(H,16,17). The van der Waals surface area contributed by atoms with Crippen LogP contribution in [-0.4, -0.2) is 35.1 Å². The molecule has 0 aliphatic heterocycles. The highest BCUT2D eigenvalue weighted by molar-refractivity contribution is 7.17. The van der Waals surface area contributed by atoms with Crippen LogP contribution in [0.15, 0.2) is 0 Å². The number of hydrogen-bond acceptors (Lipinski definition) is 5. The van der Waals surface area contributed by atoms with E-state index in [0.29, 0.717) is 30.3 Å². The molecule has 0 atom stereocenters. The lowest BCUT2D eigenvalue weighted by molar-refractivity contribution is -0.120. The second kappa shape index (κ2) is 6.95. The fourth-order valence-electron chi connectivity index (χ4n) is 1.31. The number of carbonyl (C=O) groups is 2. The zero-order valence-corrected chi connectivity index (χ0v) is 11.3. The molecular weight excluding hydrogens is 254 g/mol. The zero-order chi connectivity index (χ0) is 13.5. The van der Waals surface area contributed by atoms with E-state index in [1.165, 1.54) is 0 Å². The first-order chi connectivity index (χ1) is 8.54. The number of nitrogens with zero attached hydrogens (tertiary/aromatic N) is 1. The van der Waals surface area contributed by atoms with Crippen molar-refractivity contribution in [3.8, 4) is 0 Å². The average Bonchev–Trinajstić information content (AvgIpc) is 2.68. The van der Waals surface area contributed by atoms with Gasteiger partial charge in [0.1, 0.15) is 4.88 Å². The van der Waals surface area contributed by atoms with Gasteiger partial charge in [0.15, 0.2) is 5.13 Å². The van der Waals surface area contributed by atoms with E-state index in [9.17, 15) is 9.59 Å². The Bertz CT molecular complexity index is 431. The van der Waals surface area contributed by atoms with Crippen molar-refractivity contribution in [3.05, 3.63) is 10.6 Å². The van der Waals surface area contributed by atoms with Gasteiger partial charge in [-0.1, -0.05) is 18.3 Å². The maximum absolute atomic E-state index is 11.3. The number of aryl methyl sites for hydroxylation is 1. The van der Waals surface area contributed by atoms with Crippen LogP contribution < -0.4 is 10.6 Å². The third-order valence-electron chi connectivity index (χ3n) is 2.19. The van der Waals surface area contributed by atoms with Crippen LogP contribution in [0.25, 0.3) is 0 Å². The predicted molar refractivity (Wildman–Crippen MR) is 70.2 cm³/mol. The van der Waals surface area contributed by atoms with Gasteiger partial charge in [-0.25, -0.2) is 9.78 Å². The average molecular weight is 271 g/mol. The van der Waals surface area contributed by atoms with E-state index < -0.39 is 5.97 Å². The summed E-state index contributed by atoms with van der Waals surface area (Å²) in [6.07, 6.45) is 1.26. The normalized spacial score (nSPS) is 10.1. The minimum atomic E-state index is -0.973. The largest absolute Gasteiger partial charge is 0.477 e. The van der Waals surface area contributed by atoms with Crippen molar-refractivity contribution in [3.63, 3.8) is 0 Å². The topological polar surface area (TPSA) is 91.3 Å². The van der Waals surface area contributed by atoms with Crippen LogP contribution in [0.1, 0.15) is 35.1 Å². The van der Waals surface area contributed by atoms with E-state index >= 15 is 0 Å². The van der Waals surface area contributed by atoms with Crippen LogP contribution in [0.5, 0.6) is 0 Å². The van der Waals surface area contributed by atoms with Crippen molar-refractivity contribution in [2.24, 2.45) is 0 Å². The molecule has 1 aromatic rings. The van der Waals surface area contributed by atoms with Crippen LogP contribution in [-0.2, 0) is 4.79 Å². The van der Waals surface area contributed by atoms with Gasteiger partial charge in [-0.05, 0) is 13.3 Å². The summed E-state index contributed by atoms with van der Waals surface area (Å²) in [6.45, 7) is 4.77. The summed E-state index contributed by atoms with van der Waals surface area (Å²) in [5, 5.41) is 15.1. The first-order valence-corrected chi connectivity index (χ1v) is 6.57. The highest BCUT2D eigenvalue weighted by atomic mass is 32.1. The van der Waals surface area contributed by atoms with Gasteiger partial charge in [0.2, 0.25) is 5.91 Å². The fourth-order valence-corrected chi connectivity index (χ4v) is 2.14. The summed E-state index contributed by atoms with van der Waals surface area (Å²) >= 11 is 1.08. The Morgan fingerprint density at radius 3 is 2.67 bits per heavy atom. The van der Waals surface area contributed by atoms with Gasteiger partial charge in [-0.2, -0.15) is 0 Å². The lowest BCUT2D eigenvalue weighted by Gasteiger charge is -2.03. The molecule has 0 aliphatic carbocycles. The molecule has 1 aromatic heterocycles.